The van der Waals surface area contributed by atoms with Gasteiger partial charge in [-0.3, -0.25) is 0 Å². The lowest BCUT2D eigenvalue weighted by Crippen LogP contribution is -2.27. The molecule has 0 spiro atoms. The van der Waals surface area contributed by atoms with E-state index in [0.717, 1.165) is 55.2 Å². The minimum Gasteiger partial charge on any atom is -0.493 e. The second-order valence-electron chi connectivity index (χ2n) is 9.35. The quantitative estimate of drug-likeness (QED) is 0.593. The first-order valence-corrected chi connectivity index (χ1v) is 12.3. The van der Waals surface area contributed by atoms with E-state index in [9.17, 15) is 9.90 Å². The second-order valence-corrected chi connectivity index (χ2v) is 9.35. The van der Waals surface area contributed by atoms with Crippen molar-refractivity contribution in [3.05, 3.63) is 71.5 Å². The molecule has 2 heterocycles. The number of rotatable bonds is 7. The maximum Gasteiger partial charge on any atom is 0.337 e. The molecular weight excluding hydrogens is 426 g/mol. The van der Waals surface area contributed by atoms with E-state index in [-0.39, 0.29) is 5.92 Å². The van der Waals surface area contributed by atoms with Crippen LogP contribution in [0.15, 0.2) is 65.9 Å². The number of ether oxygens (including phenoxy) is 1. The molecule has 0 bridgehead atoms. The molecule has 34 heavy (non-hydrogen) atoms. The van der Waals surface area contributed by atoms with Crippen LogP contribution in [0.2, 0.25) is 0 Å². The number of aliphatic carboxylic acids is 1. The highest BCUT2D eigenvalue weighted by Gasteiger charge is 2.24. The van der Waals surface area contributed by atoms with Crippen molar-refractivity contribution in [2.75, 3.05) is 43.1 Å². The Morgan fingerprint density at radius 1 is 1.15 bits per heavy atom. The molecule has 1 fully saturated rings. The normalized spacial score (nSPS) is 19.6. The van der Waals surface area contributed by atoms with E-state index in [4.69, 9.17) is 4.74 Å². The van der Waals surface area contributed by atoms with Crippen LogP contribution < -0.4 is 19.9 Å². The van der Waals surface area contributed by atoms with Crippen LogP contribution in [0.3, 0.4) is 0 Å². The number of carbonyl (C=O) groups is 1. The highest BCUT2D eigenvalue weighted by molar-refractivity contribution is 5.91. The Labute approximate surface area is 201 Å². The Bertz CT molecular complexity index is 1100. The number of allylic oxidation sites excluding steroid dienone is 2. The molecule has 2 aliphatic heterocycles. The lowest BCUT2D eigenvalue weighted by atomic mass is 9.92. The molecule has 0 aromatic heterocycles. The number of carboxylic acid groups (broad SMARTS) is 1. The fourth-order valence-corrected chi connectivity index (χ4v) is 5.18. The average molecular weight is 460 g/mol. The predicted octanol–water partition coefficient (Wildman–Crippen LogP) is 5.20. The molecule has 3 aliphatic rings. The SMILES string of the molecule is CN(c1ccc(N2CCCC2)cc1)c1ccc2c(c1)OCC[C@H]2CNC1=C(C(=O)O)C=CCC1. The predicted molar refractivity (Wildman–Crippen MR) is 136 cm³/mol. The Hall–Kier alpha value is -3.41. The fraction of sp³-hybridized carbons (Fsp3) is 0.393. The molecule has 2 N–H and O–H groups in total. The molecule has 6 nitrogen and oxygen atoms in total. The van der Waals surface area contributed by atoms with Crippen LogP contribution in [0, 0.1) is 0 Å². The van der Waals surface area contributed by atoms with E-state index in [1.165, 1.54) is 24.1 Å². The number of hydrogen-bond donors (Lipinski definition) is 2. The van der Waals surface area contributed by atoms with Gasteiger partial charge < -0.3 is 25.0 Å². The average Bonchev–Trinajstić information content (AvgIpc) is 3.42. The van der Waals surface area contributed by atoms with Crippen LogP contribution in [-0.4, -0.2) is 44.4 Å². The van der Waals surface area contributed by atoms with Crippen LogP contribution in [0.25, 0.3) is 0 Å². The van der Waals surface area contributed by atoms with E-state index in [1.54, 1.807) is 6.08 Å². The highest BCUT2D eigenvalue weighted by Crippen LogP contribution is 2.38. The Morgan fingerprint density at radius 3 is 2.68 bits per heavy atom. The molecule has 5 rings (SSSR count). The topological polar surface area (TPSA) is 65.0 Å². The van der Waals surface area contributed by atoms with Gasteiger partial charge in [-0.05, 0) is 74.1 Å². The van der Waals surface area contributed by atoms with Gasteiger partial charge in [0.2, 0.25) is 0 Å². The van der Waals surface area contributed by atoms with Crippen molar-refractivity contribution in [1.82, 2.24) is 5.32 Å². The third-order valence-electron chi connectivity index (χ3n) is 7.22. The van der Waals surface area contributed by atoms with E-state index >= 15 is 0 Å². The van der Waals surface area contributed by atoms with Gasteiger partial charge in [0.1, 0.15) is 5.75 Å². The number of carboxylic acids is 1. The largest absolute Gasteiger partial charge is 0.493 e. The number of anilines is 3. The summed E-state index contributed by atoms with van der Waals surface area (Å²) in [5.41, 5.74) is 5.94. The number of fused-ring (bicyclic) bond motifs is 1. The van der Waals surface area contributed by atoms with E-state index in [2.05, 4.69) is 64.6 Å². The number of nitrogens with zero attached hydrogens (tertiary/aromatic N) is 2. The summed E-state index contributed by atoms with van der Waals surface area (Å²) in [7, 11) is 2.09. The molecule has 0 saturated carbocycles. The van der Waals surface area contributed by atoms with Crippen molar-refractivity contribution in [2.45, 2.75) is 38.0 Å². The minimum atomic E-state index is -0.869. The van der Waals surface area contributed by atoms with Gasteiger partial charge in [0.15, 0.2) is 0 Å². The molecular formula is C28H33N3O3. The van der Waals surface area contributed by atoms with Crippen LogP contribution in [-0.2, 0) is 4.79 Å². The Kier molecular flexibility index (Phi) is 6.48. The van der Waals surface area contributed by atoms with Gasteiger partial charge in [-0.25, -0.2) is 4.79 Å². The zero-order chi connectivity index (χ0) is 23.5. The van der Waals surface area contributed by atoms with Crippen molar-refractivity contribution >= 4 is 23.0 Å². The first kappa shape index (κ1) is 22.4. The third-order valence-corrected chi connectivity index (χ3v) is 7.22. The first-order chi connectivity index (χ1) is 16.6. The summed E-state index contributed by atoms with van der Waals surface area (Å²) in [6.45, 7) is 3.68. The Balaban J connectivity index is 1.29. The summed E-state index contributed by atoms with van der Waals surface area (Å²) < 4.78 is 6.04. The molecule has 1 atom stereocenters. The van der Waals surface area contributed by atoms with Gasteiger partial charge in [-0.2, -0.15) is 0 Å². The van der Waals surface area contributed by atoms with Gasteiger partial charge in [-0.1, -0.05) is 12.1 Å². The molecule has 1 aliphatic carbocycles. The van der Waals surface area contributed by atoms with Crippen molar-refractivity contribution in [2.24, 2.45) is 0 Å². The smallest absolute Gasteiger partial charge is 0.337 e. The second kappa shape index (κ2) is 9.84. The summed E-state index contributed by atoms with van der Waals surface area (Å²) in [5.74, 6) is 0.343. The molecule has 0 amide bonds. The molecule has 2 aromatic rings. The van der Waals surface area contributed by atoms with Gasteiger partial charge >= 0.3 is 5.97 Å². The van der Waals surface area contributed by atoms with E-state index < -0.39 is 5.97 Å². The summed E-state index contributed by atoms with van der Waals surface area (Å²) in [6, 6.07) is 15.3. The maximum atomic E-state index is 11.5. The standard InChI is InChI=1S/C28H33N3O3/c1-30(21-8-10-22(11-9-21)31-15-4-5-16-31)23-12-13-24-20(14-17-34-27(24)18-23)19-29-26-7-3-2-6-25(26)28(32)33/h2,6,8-13,18,20,29H,3-5,7,14-17,19H2,1H3,(H,32,33)/t20-/m0/s1. The molecule has 178 valence electrons. The van der Waals surface area contributed by atoms with Crippen LogP contribution in [0.1, 0.15) is 43.6 Å². The third kappa shape index (κ3) is 4.63. The molecule has 1 saturated heterocycles. The molecule has 6 heteroatoms. The number of hydrogen-bond acceptors (Lipinski definition) is 5. The number of benzene rings is 2. The monoisotopic (exact) mass is 459 g/mol. The zero-order valence-corrected chi connectivity index (χ0v) is 19.8. The van der Waals surface area contributed by atoms with E-state index in [1.807, 2.05) is 6.08 Å². The van der Waals surface area contributed by atoms with Crippen LogP contribution in [0.4, 0.5) is 17.1 Å². The van der Waals surface area contributed by atoms with Gasteiger partial charge in [0.25, 0.3) is 0 Å². The molecule has 0 radical (unpaired) electrons. The van der Waals surface area contributed by atoms with Gasteiger partial charge in [-0.15, -0.1) is 0 Å². The highest BCUT2D eigenvalue weighted by atomic mass is 16.5. The summed E-state index contributed by atoms with van der Waals surface area (Å²) >= 11 is 0. The minimum absolute atomic E-state index is 0.288. The van der Waals surface area contributed by atoms with E-state index in [0.29, 0.717) is 18.7 Å². The lowest BCUT2D eigenvalue weighted by Gasteiger charge is -2.29. The number of nitrogens with one attached hydrogen (secondary N) is 1. The van der Waals surface area contributed by atoms with Crippen molar-refractivity contribution in [3.8, 4) is 5.75 Å². The van der Waals surface area contributed by atoms with Crippen LogP contribution in [0.5, 0.6) is 5.75 Å². The van der Waals surface area contributed by atoms with Crippen molar-refractivity contribution in [3.63, 3.8) is 0 Å². The van der Waals surface area contributed by atoms with Gasteiger partial charge in [0, 0.05) is 61.4 Å². The lowest BCUT2D eigenvalue weighted by molar-refractivity contribution is -0.132. The Morgan fingerprint density at radius 2 is 1.91 bits per heavy atom. The van der Waals surface area contributed by atoms with Crippen molar-refractivity contribution < 1.29 is 14.6 Å². The first-order valence-electron chi connectivity index (χ1n) is 12.3. The van der Waals surface area contributed by atoms with Gasteiger partial charge in [0.05, 0.1) is 12.2 Å². The summed E-state index contributed by atoms with van der Waals surface area (Å²) in [6.07, 6.45) is 8.74. The molecule has 2 aromatic carbocycles. The molecule has 0 unspecified atom stereocenters. The van der Waals surface area contributed by atoms with Crippen molar-refractivity contribution in [1.29, 1.82) is 0 Å². The summed E-state index contributed by atoms with van der Waals surface area (Å²) in [4.78, 5) is 16.2. The van der Waals surface area contributed by atoms with Crippen LogP contribution >= 0.6 is 0 Å². The zero-order valence-electron chi connectivity index (χ0n) is 19.8. The fourth-order valence-electron chi connectivity index (χ4n) is 5.18. The summed E-state index contributed by atoms with van der Waals surface area (Å²) in [5, 5.41) is 12.9. The maximum absolute atomic E-state index is 11.5.